The number of H-pyrrole nitrogens is 1. The molecule has 0 unspecified atom stereocenters. The van der Waals surface area contributed by atoms with Crippen LogP contribution in [0.25, 0.3) is 12.2 Å². The minimum atomic E-state index is 0.486. The zero-order valence-corrected chi connectivity index (χ0v) is 10.1. The van der Waals surface area contributed by atoms with Crippen molar-refractivity contribution >= 4 is 28.1 Å². The largest absolute Gasteiger partial charge is 0.358 e. The molecule has 0 saturated carbocycles. The third kappa shape index (κ3) is 2.16. The first-order chi connectivity index (χ1) is 6.60. The van der Waals surface area contributed by atoms with Crippen molar-refractivity contribution in [3.05, 3.63) is 32.9 Å². The molecule has 76 valence electrons. The van der Waals surface area contributed by atoms with Crippen LogP contribution in [0, 0.1) is 6.92 Å². The van der Waals surface area contributed by atoms with E-state index in [1.807, 2.05) is 26.0 Å². The molecule has 0 radical (unpaired) electrons. The molecule has 0 aliphatic heterocycles. The summed E-state index contributed by atoms with van der Waals surface area (Å²) in [5.41, 5.74) is 7.55. The van der Waals surface area contributed by atoms with Crippen molar-refractivity contribution in [2.24, 2.45) is 5.73 Å². The Bertz CT molecular complexity index is 454. The Morgan fingerprint density at radius 2 is 2.29 bits per heavy atom. The van der Waals surface area contributed by atoms with Gasteiger partial charge in [0.05, 0.1) is 0 Å². The van der Waals surface area contributed by atoms with Crippen molar-refractivity contribution in [2.75, 3.05) is 6.54 Å². The molecule has 0 aromatic carbocycles. The van der Waals surface area contributed by atoms with Crippen LogP contribution in [0.5, 0.6) is 0 Å². The highest BCUT2D eigenvalue weighted by Gasteiger charge is 2.00. The predicted octanol–water partition coefficient (Wildman–Crippen LogP) is 1.18. The lowest BCUT2D eigenvalue weighted by Crippen LogP contribution is -2.23. The van der Waals surface area contributed by atoms with Crippen LogP contribution in [-0.4, -0.2) is 11.5 Å². The molecule has 0 saturated heterocycles. The highest BCUT2D eigenvalue weighted by molar-refractivity contribution is 9.10. The van der Waals surface area contributed by atoms with E-state index in [-0.39, 0.29) is 0 Å². The number of hydrogen-bond donors (Lipinski definition) is 2. The van der Waals surface area contributed by atoms with Gasteiger partial charge in [0.15, 0.2) is 0 Å². The van der Waals surface area contributed by atoms with Crippen LogP contribution in [0.2, 0.25) is 0 Å². The summed E-state index contributed by atoms with van der Waals surface area (Å²) >= 11 is 3.54. The van der Waals surface area contributed by atoms with Crippen LogP contribution < -0.4 is 16.3 Å². The van der Waals surface area contributed by atoms with Gasteiger partial charge in [-0.3, -0.25) is 0 Å². The SMILES string of the molecule is C=C(C=c1c(Br)c(C)[nH]c1=CC)CN. The molecule has 0 atom stereocenters. The number of aryl methyl sites for hydroxylation is 1. The lowest BCUT2D eigenvalue weighted by atomic mass is 10.2. The summed E-state index contributed by atoms with van der Waals surface area (Å²) < 4.78 is 1.08. The van der Waals surface area contributed by atoms with E-state index in [0.717, 1.165) is 26.3 Å². The van der Waals surface area contributed by atoms with Crippen molar-refractivity contribution in [2.45, 2.75) is 13.8 Å². The van der Waals surface area contributed by atoms with Crippen LogP contribution >= 0.6 is 15.9 Å². The highest BCUT2D eigenvalue weighted by atomic mass is 79.9. The Hall–Kier alpha value is -0.800. The molecule has 0 fully saturated rings. The Morgan fingerprint density at radius 1 is 1.64 bits per heavy atom. The maximum Gasteiger partial charge on any atom is 0.0458 e. The van der Waals surface area contributed by atoms with Gasteiger partial charge in [-0.1, -0.05) is 12.7 Å². The first kappa shape index (κ1) is 11.3. The molecule has 3 N–H and O–H groups in total. The number of hydrogen-bond acceptors (Lipinski definition) is 1. The molecule has 1 aromatic heterocycles. The Kier molecular flexibility index (Phi) is 3.72. The van der Waals surface area contributed by atoms with Crippen molar-refractivity contribution in [1.82, 2.24) is 4.98 Å². The zero-order chi connectivity index (χ0) is 10.7. The molecule has 1 heterocycles. The fraction of sp³-hybridized carbons (Fsp3) is 0.273. The first-order valence-electron chi connectivity index (χ1n) is 4.50. The van der Waals surface area contributed by atoms with E-state index in [1.165, 1.54) is 0 Å². The van der Waals surface area contributed by atoms with Crippen molar-refractivity contribution in [3.8, 4) is 0 Å². The summed E-state index contributed by atoms with van der Waals surface area (Å²) in [6.07, 6.45) is 4.04. The minimum absolute atomic E-state index is 0.486. The van der Waals surface area contributed by atoms with Crippen molar-refractivity contribution < 1.29 is 0 Å². The van der Waals surface area contributed by atoms with Gasteiger partial charge in [0.25, 0.3) is 0 Å². The van der Waals surface area contributed by atoms with E-state index in [0.29, 0.717) is 6.54 Å². The third-order valence-corrected chi connectivity index (χ3v) is 3.10. The van der Waals surface area contributed by atoms with Crippen LogP contribution in [-0.2, 0) is 0 Å². The van der Waals surface area contributed by atoms with E-state index >= 15 is 0 Å². The Labute approximate surface area is 92.3 Å². The van der Waals surface area contributed by atoms with Crippen LogP contribution in [0.1, 0.15) is 12.6 Å². The van der Waals surface area contributed by atoms with Gasteiger partial charge in [-0.25, -0.2) is 0 Å². The summed E-state index contributed by atoms with van der Waals surface area (Å²) in [5, 5.41) is 2.23. The topological polar surface area (TPSA) is 41.8 Å². The average Bonchev–Trinajstić information content (AvgIpc) is 2.45. The molecule has 1 rings (SSSR count). The van der Waals surface area contributed by atoms with Gasteiger partial charge in [0.2, 0.25) is 0 Å². The van der Waals surface area contributed by atoms with Gasteiger partial charge in [-0.2, -0.15) is 0 Å². The summed E-state index contributed by atoms with van der Waals surface area (Å²) in [4.78, 5) is 3.28. The number of nitrogens with two attached hydrogens (primary N) is 1. The van der Waals surface area contributed by atoms with Gasteiger partial charge in [-0.05, 0) is 41.4 Å². The highest BCUT2D eigenvalue weighted by Crippen LogP contribution is 2.05. The molecule has 14 heavy (non-hydrogen) atoms. The maximum absolute atomic E-state index is 5.50. The van der Waals surface area contributed by atoms with E-state index in [2.05, 4.69) is 27.5 Å². The molecule has 0 amide bonds. The van der Waals surface area contributed by atoms with Crippen molar-refractivity contribution in [1.29, 1.82) is 0 Å². The second kappa shape index (κ2) is 4.62. The second-order valence-electron chi connectivity index (χ2n) is 3.19. The summed E-state index contributed by atoms with van der Waals surface area (Å²) in [7, 11) is 0. The van der Waals surface area contributed by atoms with Crippen LogP contribution in [0.15, 0.2) is 16.6 Å². The molecule has 0 spiro atoms. The molecule has 0 aliphatic rings. The molecule has 3 heteroatoms. The molecule has 2 nitrogen and oxygen atoms in total. The predicted molar refractivity (Wildman–Crippen MR) is 65.3 cm³/mol. The van der Waals surface area contributed by atoms with Gasteiger partial charge >= 0.3 is 0 Å². The third-order valence-electron chi connectivity index (χ3n) is 2.08. The van der Waals surface area contributed by atoms with Gasteiger partial charge in [-0.15, -0.1) is 0 Å². The Balaban J connectivity index is 3.47. The normalized spacial score (nSPS) is 13.7. The van der Waals surface area contributed by atoms with Crippen molar-refractivity contribution in [3.63, 3.8) is 0 Å². The average molecular weight is 255 g/mol. The van der Waals surface area contributed by atoms with E-state index in [1.54, 1.807) is 0 Å². The number of halogens is 1. The molecular formula is C11H15BrN2. The quantitative estimate of drug-likeness (QED) is 0.818. The van der Waals surface area contributed by atoms with Gasteiger partial charge < -0.3 is 10.7 Å². The Morgan fingerprint density at radius 3 is 2.79 bits per heavy atom. The minimum Gasteiger partial charge on any atom is -0.358 e. The summed E-state index contributed by atoms with van der Waals surface area (Å²) in [5.74, 6) is 0. The number of aromatic amines is 1. The molecule has 1 aromatic rings. The van der Waals surface area contributed by atoms with Gasteiger partial charge in [0.1, 0.15) is 0 Å². The molecule has 0 bridgehead atoms. The zero-order valence-electron chi connectivity index (χ0n) is 8.52. The lowest BCUT2D eigenvalue weighted by Gasteiger charge is -1.91. The van der Waals surface area contributed by atoms with E-state index in [4.69, 9.17) is 5.73 Å². The van der Waals surface area contributed by atoms with E-state index in [9.17, 15) is 0 Å². The molecular weight excluding hydrogens is 240 g/mol. The molecule has 0 aliphatic carbocycles. The smallest absolute Gasteiger partial charge is 0.0458 e. The lowest BCUT2D eigenvalue weighted by molar-refractivity contribution is 1.20. The first-order valence-corrected chi connectivity index (χ1v) is 5.29. The maximum atomic E-state index is 5.50. The second-order valence-corrected chi connectivity index (χ2v) is 3.98. The number of rotatable bonds is 2. The van der Waals surface area contributed by atoms with Crippen LogP contribution in [0.4, 0.5) is 0 Å². The standard InChI is InChI=1S/C11H15BrN2/c1-4-10-9(5-7(2)6-13)11(12)8(3)14-10/h4-5,14H,2,6,13H2,1,3H3. The number of nitrogens with one attached hydrogen (secondary N) is 1. The summed E-state index contributed by atoms with van der Waals surface area (Å²) in [6.45, 7) is 8.38. The fourth-order valence-electron chi connectivity index (χ4n) is 1.28. The number of aromatic nitrogens is 1. The fourth-order valence-corrected chi connectivity index (χ4v) is 1.70. The van der Waals surface area contributed by atoms with Crippen LogP contribution in [0.3, 0.4) is 0 Å². The van der Waals surface area contributed by atoms with Gasteiger partial charge in [0, 0.05) is 27.3 Å². The summed E-state index contributed by atoms with van der Waals surface area (Å²) in [6, 6.07) is 0. The van der Waals surface area contributed by atoms with E-state index < -0.39 is 0 Å². The monoisotopic (exact) mass is 254 g/mol.